The molecule has 2 rings (SSSR count). The van der Waals surface area contributed by atoms with Crippen molar-refractivity contribution < 1.29 is 15.0 Å². The van der Waals surface area contributed by atoms with E-state index >= 15 is 0 Å². The van der Waals surface area contributed by atoms with Crippen LogP contribution in [0.2, 0.25) is 0 Å². The summed E-state index contributed by atoms with van der Waals surface area (Å²) in [6, 6.07) is 7.06. The maximum atomic E-state index is 12.3. The number of nitrogens with zero attached hydrogens (tertiary/aromatic N) is 3. The molecular weight excluding hydrogens is 318 g/mol. The third-order valence-electron chi connectivity index (χ3n) is 3.36. The monoisotopic (exact) mass is 337 g/mol. The maximum absolute atomic E-state index is 12.3. The largest absolute Gasteiger partial charge is 0.395 e. The molecule has 0 radical (unpaired) electrons. The average Bonchev–Trinajstić information content (AvgIpc) is 2.56. The Morgan fingerprint density at radius 1 is 1.26 bits per heavy atom. The van der Waals surface area contributed by atoms with Gasteiger partial charge >= 0.3 is 0 Å². The molecule has 0 unspecified atom stereocenters. The number of aliphatic hydroxyl groups is 2. The summed E-state index contributed by atoms with van der Waals surface area (Å²) in [7, 11) is 1.62. The molecule has 0 saturated carbocycles. The number of carbonyl (C=O) groups is 1. The van der Waals surface area contributed by atoms with Crippen molar-refractivity contribution in [2.24, 2.45) is 7.05 Å². The van der Waals surface area contributed by atoms with Crippen LogP contribution in [0.15, 0.2) is 34.2 Å². The Bertz CT molecular complexity index is 741. The van der Waals surface area contributed by atoms with E-state index in [0.717, 1.165) is 11.8 Å². The summed E-state index contributed by atoms with van der Waals surface area (Å²) in [4.78, 5) is 30.2. The van der Waals surface area contributed by atoms with Crippen molar-refractivity contribution in [1.82, 2.24) is 14.5 Å². The number of hydrogen-bond donors (Lipinski definition) is 2. The molecule has 1 aromatic carbocycles. The standard InChI is InChI=1S/C15H19N3O4S/c1-17-14(22)11-4-2-3-5-12(11)16-15(17)23-10-13(21)18(6-8-19)7-9-20/h2-5,19-20H,6-10H2,1H3. The summed E-state index contributed by atoms with van der Waals surface area (Å²) >= 11 is 1.16. The third-order valence-corrected chi connectivity index (χ3v) is 4.37. The van der Waals surface area contributed by atoms with Crippen LogP contribution in [0, 0.1) is 0 Å². The van der Waals surface area contributed by atoms with Gasteiger partial charge in [-0.05, 0) is 12.1 Å². The van der Waals surface area contributed by atoms with E-state index in [4.69, 9.17) is 10.2 Å². The summed E-state index contributed by atoms with van der Waals surface area (Å²) in [6.45, 7) is 0.0142. The fraction of sp³-hybridized carbons (Fsp3) is 0.400. The third kappa shape index (κ3) is 4.10. The summed E-state index contributed by atoms with van der Waals surface area (Å²) in [5.41, 5.74) is 0.432. The number of carbonyl (C=O) groups excluding carboxylic acids is 1. The molecule has 0 spiro atoms. The minimum absolute atomic E-state index is 0.0820. The maximum Gasteiger partial charge on any atom is 0.261 e. The van der Waals surface area contributed by atoms with Gasteiger partial charge < -0.3 is 15.1 Å². The number of thioether (sulfide) groups is 1. The summed E-state index contributed by atoms with van der Waals surface area (Å²) in [5.74, 6) is -0.140. The number of para-hydroxylation sites is 1. The number of benzene rings is 1. The van der Waals surface area contributed by atoms with E-state index in [1.807, 2.05) is 0 Å². The first kappa shape index (κ1) is 17.5. The minimum atomic E-state index is -0.222. The zero-order chi connectivity index (χ0) is 16.8. The van der Waals surface area contributed by atoms with E-state index < -0.39 is 0 Å². The molecule has 0 bridgehead atoms. The quantitative estimate of drug-likeness (QED) is 0.538. The van der Waals surface area contributed by atoms with E-state index in [1.54, 1.807) is 31.3 Å². The smallest absolute Gasteiger partial charge is 0.261 e. The molecule has 1 aromatic heterocycles. The van der Waals surface area contributed by atoms with Crippen LogP contribution < -0.4 is 5.56 Å². The van der Waals surface area contributed by atoms with Gasteiger partial charge in [0, 0.05) is 20.1 Å². The van der Waals surface area contributed by atoms with Crippen molar-refractivity contribution in [3.05, 3.63) is 34.6 Å². The van der Waals surface area contributed by atoms with E-state index in [0.29, 0.717) is 16.1 Å². The number of rotatable bonds is 7. The molecule has 23 heavy (non-hydrogen) atoms. The van der Waals surface area contributed by atoms with E-state index in [9.17, 15) is 9.59 Å². The molecule has 124 valence electrons. The van der Waals surface area contributed by atoms with E-state index in [-0.39, 0.29) is 43.5 Å². The highest BCUT2D eigenvalue weighted by Gasteiger charge is 2.15. The van der Waals surface area contributed by atoms with Crippen molar-refractivity contribution in [2.45, 2.75) is 5.16 Å². The van der Waals surface area contributed by atoms with Gasteiger partial charge in [0.1, 0.15) is 0 Å². The molecule has 7 nitrogen and oxygen atoms in total. The van der Waals surface area contributed by atoms with Gasteiger partial charge in [0.05, 0.1) is 29.9 Å². The van der Waals surface area contributed by atoms with Crippen molar-refractivity contribution >= 4 is 28.6 Å². The Morgan fingerprint density at radius 3 is 2.57 bits per heavy atom. The van der Waals surface area contributed by atoms with Crippen molar-refractivity contribution in [3.8, 4) is 0 Å². The molecule has 0 atom stereocenters. The number of aromatic nitrogens is 2. The van der Waals surface area contributed by atoms with Gasteiger partial charge in [0.15, 0.2) is 5.16 Å². The van der Waals surface area contributed by atoms with Gasteiger partial charge in [-0.25, -0.2) is 4.98 Å². The first-order valence-electron chi connectivity index (χ1n) is 7.16. The Hall–Kier alpha value is -1.90. The van der Waals surface area contributed by atoms with Gasteiger partial charge in [0.2, 0.25) is 5.91 Å². The first-order valence-corrected chi connectivity index (χ1v) is 8.15. The van der Waals surface area contributed by atoms with Crippen LogP contribution in [0.3, 0.4) is 0 Å². The number of fused-ring (bicyclic) bond motifs is 1. The molecular formula is C15H19N3O4S. The first-order chi connectivity index (χ1) is 11.1. The topological polar surface area (TPSA) is 95.7 Å². The van der Waals surface area contributed by atoms with Gasteiger partial charge in [-0.1, -0.05) is 23.9 Å². The van der Waals surface area contributed by atoms with Gasteiger partial charge in [0.25, 0.3) is 5.56 Å². The fourth-order valence-electron chi connectivity index (χ4n) is 2.15. The van der Waals surface area contributed by atoms with Crippen LogP contribution in [0.1, 0.15) is 0 Å². The second-order valence-electron chi connectivity index (χ2n) is 4.89. The van der Waals surface area contributed by atoms with Crippen LogP contribution >= 0.6 is 11.8 Å². The fourth-order valence-corrected chi connectivity index (χ4v) is 3.02. The zero-order valence-electron chi connectivity index (χ0n) is 12.8. The second-order valence-corrected chi connectivity index (χ2v) is 5.83. The second kappa shape index (κ2) is 8.09. The van der Waals surface area contributed by atoms with Crippen molar-refractivity contribution in [2.75, 3.05) is 32.1 Å². The molecule has 0 aliphatic carbocycles. The van der Waals surface area contributed by atoms with Crippen LogP contribution in [0.4, 0.5) is 0 Å². The predicted molar refractivity (Wildman–Crippen MR) is 88.5 cm³/mol. The SMILES string of the molecule is Cn1c(SCC(=O)N(CCO)CCO)nc2ccccc2c1=O. The molecule has 0 fully saturated rings. The highest BCUT2D eigenvalue weighted by molar-refractivity contribution is 7.99. The Kier molecular flexibility index (Phi) is 6.14. The highest BCUT2D eigenvalue weighted by Crippen LogP contribution is 2.17. The zero-order valence-corrected chi connectivity index (χ0v) is 13.6. The lowest BCUT2D eigenvalue weighted by Crippen LogP contribution is -2.37. The lowest BCUT2D eigenvalue weighted by Gasteiger charge is -2.20. The van der Waals surface area contributed by atoms with E-state index in [1.165, 1.54) is 9.47 Å². The Labute approximate surface area is 137 Å². The Balaban J connectivity index is 2.17. The summed E-state index contributed by atoms with van der Waals surface area (Å²) in [6.07, 6.45) is 0. The molecule has 2 aromatic rings. The Morgan fingerprint density at radius 2 is 1.91 bits per heavy atom. The van der Waals surface area contributed by atoms with Gasteiger partial charge in [-0.15, -0.1) is 0 Å². The highest BCUT2D eigenvalue weighted by atomic mass is 32.2. The van der Waals surface area contributed by atoms with Crippen molar-refractivity contribution in [1.29, 1.82) is 0 Å². The lowest BCUT2D eigenvalue weighted by atomic mass is 10.2. The van der Waals surface area contributed by atoms with Crippen LogP contribution in [0.5, 0.6) is 0 Å². The normalized spacial score (nSPS) is 10.9. The van der Waals surface area contributed by atoms with Crippen LogP contribution in [-0.4, -0.2) is 62.6 Å². The summed E-state index contributed by atoms with van der Waals surface area (Å²) in [5, 5.41) is 18.9. The van der Waals surface area contributed by atoms with Crippen molar-refractivity contribution in [3.63, 3.8) is 0 Å². The molecule has 0 saturated heterocycles. The molecule has 8 heteroatoms. The van der Waals surface area contributed by atoms with E-state index in [2.05, 4.69) is 4.98 Å². The van der Waals surface area contributed by atoms with Crippen LogP contribution in [-0.2, 0) is 11.8 Å². The predicted octanol–water partition coefficient (Wildman–Crippen LogP) is -0.161. The average molecular weight is 337 g/mol. The molecule has 0 aliphatic heterocycles. The minimum Gasteiger partial charge on any atom is -0.395 e. The molecule has 0 aliphatic rings. The van der Waals surface area contributed by atoms with Crippen LogP contribution in [0.25, 0.3) is 10.9 Å². The summed E-state index contributed by atoms with van der Waals surface area (Å²) < 4.78 is 1.42. The number of aliphatic hydroxyl groups excluding tert-OH is 2. The molecule has 1 heterocycles. The van der Waals surface area contributed by atoms with Gasteiger partial charge in [-0.2, -0.15) is 0 Å². The molecule has 1 amide bonds. The number of hydrogen-bond acceptors (Lipinski definition) is 6. The number of amides is 1. The van der Waals surface area contributed by atoms with Gasteiger partial charge in [-0.3, -0.25) is 14.2 Å². The lowest BCUT2D eigenvalue weighted by molar-refractivity contribution is -0.129. The molecule has 2 N–H and O–H groups in total.